The van der Waals surface area contributed by atoms with Gasteiger partial charge >= 0.3 is 0 Å². The Bertz CT molecular complexity index is 505. The fourth-order valence-electron chi connectivity index (χ4n) is 3.03. The quantitative estimate of drug-likeness (QED) is 0.794. The van der Waals surface area contributed by atoms with Crippen molar-refractivity contribution in [3.05, 3.63) is 16.5 Å². The molecule has 3 N–H and O–H groups in total. The van der Waals surface area contributed by atoms with E-state index in [1.807, 2.05) is 13.0 Å². The molecule has 2 aliphatic rings. The number of hydrogen-bond donors (Lipinski definition) is 3. The molecule has 0 aromatic carbocycles. The fraction of sp³-hybridized carbons (Fsp3) is 0.667. The minimum Gasteiger partial charge on any atom is -0.373 e. The maximum Gasteiger partial charge on any atom is 0.242 e. The molecule has 3 rings (SSSR count). The van der Waals surface area contributed by atoms with Gasteiger partial charge in [0.15, 0.2) is 0 Å². The van der Waals surface area contributed by atoms with E-state index in [9.17, 15) is 9.90 Å². The molecule has 21 heavy (non-hydrogen) atoms. The number of likely N-dealkylation sites (tertiary alicyclic amines) is 1. The lowest BCUT2D eigenvalue weighted by molar-refractivity contribution is -0.117. The first-order valence-corrected chi connectivity index (χ1v) is 8.53. The van der Waals surface area contributed by atoms with Gasteiger partial charge in [0.1, 0.15) is 6.23 Å². The van der Waals surface area contributed by atoms with Crippen molar-refractivity contribution in [1.82, 2.24) is 10.2 Å². The molecule has 0 spiro atoms. The Morgan fingerprint density at radius 1 is 1.48 bits per heavy atom. The topological polar surface area (TPSA) is 64.6 Å². The van der Waals surface area contributed by atoms with Crippen LogP contribution in [0.3, 0.4) is 0 Å². The SMILES string of the molecule is Cc1cc(C(O)N2CCCC2)sc1NC(=O)[C@@H]1CCCN1. The van der Waals surface area contributed by atoms with Gasteiger partial charge in [-0.2, -0.15) is 0 Å². The minimum atomic E-state index is -0.536. The van der Waals surface area contributed by atoms with Gasteiger partial charge in [-0.15, -0.1) is 11.3 Å². The summed E-state index contributed by atoms with van der Waals surface area (Å²) in [6.07, 6.45) is 3.72. The van der Waals surface area contributed by atoms with E-state index >= 15 is 0 Å². The summed E-state index contributed by atoms with van der Waals surface area (Å²) in [5.74, 6) is 0.0414. The third kappa shape index (κ3) is 3.29. The summed E-state index contributed by atoms with van der Waals surface area (Å²) in [5, 5.41) is 17.5. The second-order valence-corrected chi connectivity index (χ2v) is 7.00. The smallest absolute Gasteiger partial charge is 0.242 e. The zero-order valence-electron chi connectivity index (χ0n) is 12.4. The molecule has 2 aliphatic heterocycles. The number of aryl methyl sites for hydroxylation is 1. The van der Waals surface area contributed by atoms with Crippen LogP contribution >= 0.6 is 11.3 Å². The van der Waals surface area contributed by atoms with Crippen LogP contribution in [0, 0.1) is 6.92 Å². The fourth-order valence-corrected chi connectivity index (χ4v) is 4.13. The number of thiophene rings is 1. The third-order valence-electron chi connectivity index (χ3n) is 4.29. The Morgan fingerprint density at radius 2 is 2.24 bits per heavy atom. The van der Waals surface area contributed by atoms with Crippen LogP contribution < -0.4 is 10.6 Å². The minimum absolute atomic E-state index is 0.0414. The Balaban J connectivity index is 1.67. The van der Waals surface area contributed by atoms with Gasteiger partial charge in [-0.05, 0) is 50.8 Å². The number of hydrogen-bond acceptors (Lipinski definition) is 5. The Kier molecular flexibility index (Phi) is 4.59. The van der Waals surface area contributed by atoms with Crippen LogP contribution in [0.1, 0.15) is 42.4 Å². The molecule has 3 heterocycles. The van der Waals surface area contributed by atoms with Gasteiger partial charge in [-0.1, -0.05) is 0 Å². The predicted molar refractivity (Wildman–Crippen MR) is 84.5 cm³/mol. The molecule has 0 bridgehead atoms. The largest absolute Gasteiger partial charge is 0.373 e. The molecule has 2 saturated heterocycles. The summed E-state index contributed by atoms with van der Waals surface area (Å²) < 4.78 is 0. The van der Waals surface area contributed by atoms with Gasteiger partial charge < -0.3 is 15.7 Å². The Labute approximate surface area is 129 Å². The number of nitrogens with zero attached hydrogens (tertiary/aromatic N) is 1. The van der Waals surface area contributed by atoms with Crippen LogP contribution in [0.4, 0.5) is 5.00 Å². The molecule has 1 amide bonds. The van der Waals surface area contributed by atoms with Crippen LogP contribution in [0.2, 0.25) is 0 Å². The van der Waals surface area contributed by atoms with Crippen molar-refractivity contribution in [3.8, 4) is 0 Å². The van der Waals surface area contributed by atoms with Crippen molar-refractivity contribution < 1.29 is 9.90 Å². The van der Waals surface area contributed by atoms with Gasteiger partial charge in [0.25, 0.3) is 0 Å². The van der Waals surface area contributed by atoms with Gasteiger partial charge in [0.05, 0.1) is 15.9 Å². The van der Waals surface area contributed by atoms with E-state index in [1.54, 1.807) is 0 Å². The lowest BCUT2D eigenvalue weighted by Gasteiger charge is -2.20. The van der Waals surface area contributed by atoms with Crippen LogP contribution in [0.25, 0.3) is 0 Å². The maximum atomic E-state index is 12.2. The maximum absolute atomic E-state index is 12.2. The highest BCUT2D eigenvalue weighted by Crippen LogP contribution is 2.34. The zero-order chi connectivity index (χ0) is 14.8. The van der Waals surface area contributed by atoms with Gasteiger partial charge in [-0.3, -0.25) is 9.69 Å². The van der Waals surface area contributed by atoms with E-state index in [1.165, 1.54) is 11.3 Å². The highest BCUT2D eigenvalue weighted by atomic mass is 32.1. The van der Waals surface area contributed by atoms with E-state index in [-0.39, 0.29) is 11.9 Å². The summed E-state index contributed by atoms with van der Waals surface area (Å²) in [7, 11) is 0. The molecular formula is C15H23N3O2S. The van der Waals surface area contributed by atoms with Crippen molar-refractivity contribution in [3.63, 3.8) is 0 Å². The molecule has 2 fully saturated rings. The molecule has 116 valence electrons. The number of rotatable bonds is 4. The van der Waals surface area contributed by atoms with E-state index in [0.29, 0.717) is 0 Å². The molecule has 5 nitrogen and oxygen atoms in total. The normalized spacial score (nSPS) is 24.4. The molecule has 0 saturated carbocycles. The van der Waals surface area contributed by atoms with E-state index in [2.05, 4.69) is 15.5 Å². The molecular weight excluding hydrogens is 286 g/mol. The van der Waals surface area contributed by atoms with Gasteiger partial charge in [0.2, 0.25) is 5.91 Å². The second kappa shape index (κ2) is 6.44. The van der Waals surface area contributed by atoms with Crippen molar-refractivity contribution in [2.45, 2.75) is 44.9 Å². The monoisotopic (exact) mass is 309 g/mol. The van der Waals surface area contributed by atoms with E-state index < -0.39 is 6.23 Å². The summed E-state index contributed by atoms with van der Waals surface area (Å²) in [4.78, 5) is 15.2. The molecule has 6 heteroatoms. The highest BCUT2D eigenvalue weighted by molar-refractivity contribution is 7.16. The van der Waals surface area contributed by atoms with Crippen molar-refractivity contribution in [1.29, 1.82) is 0 Å². The average Bonchev–Trinajstić information content (AvgIpc) is 3.20. The van der Waals surface area contributed by atoms with Crippen molar-refractivity contribution >= 4 is 22.2 Å². The van der Waals surface area contributed by atoms with Crippen LogP contribution in [0.5, 0.6) is 0 Å². The average molecular weight is 309 g/mol. The van der Waals surface area contributed by atoms with Gasteiger partial charge in [-0.25, -0.2) is 0 Å². The van der Waals surface area contributed by atoms with Crippen LogP contribution in [-0.4, -0.2) is 41.6 Å². The number of nitrogens with one attached hydrogen (secondary N) is 2. The molecule has 0 radical (unpaired) electrons. The number of aliphatic hydroxyl groups excluding tert-OH is 1. The Morgan fingerprint density at radius 3 is 2.90 bits per heavy atom. The van der Waals surface area contributed by atoms with Crippen molar-refractivity contribution in [2.75, 3.05) is 25.0 Å². The summed E-state index contributed by atoms with van der Waals surface area (Å²) >= 11 is 1.49. The standard InChI is InChI=1S/C15H23N3O2S/c1-10-9-12(15(20)18-7-2-3-8-18)21-14(10)17-13(19)11-5-4-6-16-11/h9,11,15-16,20H,2-8H2,1H3,(H,17,19)/t11-,15?/m0/s1. The van der Waals surface area contributed by atoms with Crippen LogP contribution in [0.15, 0.2) is 6.07 Å². The summed E-state index contributed by atoms with van der Waals surface area (Å²) in [6, 6.07) is 1.92. The molecule has 2 atom stereocenters. The number of aliphatic hydroxyl groups is 1. The predicted octanol–water partition coefficient (Wildman–Crippen LogP) is 1.83. The zero-order valence-corrected chi connectivity index (χ0v) is 13.2. The lowest BCUT2D eigenvalue weighted by Crippen LogP contribution is -2.35. The number of carbonyl (C=O) groups excluding carboxylic acids is 1. The Hall–Kier alpha value is -0.950. The first-order valence-electron chi connectivity index (χ1n) is 7.72. The third-order valence-corrected chi connectivity index (χ3v) is 5.48. The number of amides is 1. The molecule has 1 unspecified atom stereocenters. The first-order chi connectivity index (χ1) is 10.1. The van der Waals surface area contributed by atoms with E-state index in [4.69, 9.17) is 0 Å². The molecule has 1 aromatic heterocycles. The lowest BCUT2D eigenvalue weighted by atomic mass is 10.2. The summed E-state index contributed by atoms with van der Waals surface area (Å²) in [6.45, 7) is 4.80. The highest BCUT2D eigenvalue weighted by Gasteiger charge is 2.26. The van der Waals surface area contributed by atoms with E-state index in [0.717, 1.165) is 60.8 Å². The second-order valence-electron chi connectivity index (χ2n) is 5.92. The first kappa shape index (κ1) is 15.0. The van der Waals surface area contributed by atoms with Crippen LogP contribution in [-0.2, 0) is 4.79 Å². The molecule has 0 aliphatic carbocycles. The summed E-state index contributed by atoms with van der Waals surface area (Å²) in [5.41, 5.74) is 1.03. The number of anilines is 1. The van der Waals surface area contributed by atoms with Crippen molar-refractivity contribution in [2.24, 2.45) is 0 Å². The van der Waals surface area contributed by atoms with Gasteiger partial charge in [0, 0.05) is 13.1 Å². The molecule has 1 aromatic rings. The number of carbonyl (C=O) groups is 1.